The lowest BCUT2D eigenvalue weighted by molar-refractivity contribution is -0.149. The molecule has 5 amide bonds. The molecule has 5 rings (SSSR count). The highest BCUT2D eigenvalue weighted by Crippen LogP contribution is 2.27. The van der Waals surface area contributed by atoms with Crippen molar-refractivity contribution in [2.24, 2.45) is 29.6 Å². The highest BCUT2D eigenvalue weighted by Gasteiger charge is 2.39. The zero-order valence-corrected chi connectivity index (χ0v) is 77.9. The molecule has 5 aliphatic rings. The Morgan fingerprint density at radius 2 is 0.314 bits per heavy atom. The Morgan fingerprint density at radius 1 is 0.195 bits per heavy atom. The first-order valence-electron chi connectivity index (χ1n) is 49.7. The second-order valence-electron chi connectivity index (χ2n) is 34.7. The Kier molecular flexibility index (Phi) is 72.9. The van der Waals surface area contributed by atoms with Crippen molar-refractivity contribution in [1.82, 2.24) is 24.5 Å². The standard InChI is InChI=1S/C24H45NO3.C20H37NO3.C19H35NO3.C18H33NO3.C17H31NO3/c1-3-5-6-7-8-9-10-11-12-13-14-15-16-17-18-25-21-22(20-23(25)26)24(27)28-19-4-2;1-3-5-6-7-8-9-10-11-12-13-14-21-17-18(16-19(21)22)20(23)24-15-4-2;1-3-5-6-7-8-9-10-11-12-13-20-16-17(15-18(20)21)19(22)23-14-4-2;1-3-5-6-7-8-9-10-11-12-19-15-16(14-17(19)20)18(21)22-13-4-2;1-3-5-6-7-8-9-10-11-18-14-15(13-16(18)19)17(20)21-12-4-2/h22H,3-21H2,1-2H3;18H,3-17H2,1-2H3;17H,3-16H2,1-2H3;16H,3-15H2,1-2H3;15H,3-14H2,1-2H3. The van der Waals surface area contributed by atoms with E-state index in [1.54, 1.807) is 0 Å². The second kappa shape index (κ2) is 77.7. The molecule has 0 spiro atoms. The van der Waals surface area contributed by atoms with E-state index in [1.165, 1.54) is 276 Å². The van der Waals surface area contributed by atoms with Crippen LogP contribution in [0, 0.1) is 29.6 Å². The van der Waals surface area contributed by atoms with Gasteiger partial charge in [0.2, 0.25) is 29.5 Å². The molecular formula is C98H181N5O15. The lowest BCUT2D eigenvalue weighted by Crippen LogP contribution is -2.27. The minimum absolute atomic E-state index is 0.111. The van der Waals surface area contributed by atoms with Crippen LogP contribution in [0.5, 0.6) is 0 Å². The van der Waals surface area contributed by atoms with Crippen LogP contribution >= 0.6 is 0 Å². The van der Waals surface area contributed by atoms with Gasteiger partial charge in [-0.15, -0.1) is 0 Å². The Balaban J connectivity index is 0.000000740. The van der Waals surface area contributed by atoms with Gasteiger partial charge in [0.1, 0.15) is 0 Å². The second-order valence-corrected chi connectivity index (χ2v) is 34.7. The molecule has 0 aromatic rings. The number of carbonyl (C=O) groups excluding carboxylic acids is 10. The van der Waals surface area contributed by atoms with Crippen molar-refractivity contribution < 1.29 is 71.6 Å². The van der Waals surface area contributed by atoms with Crippen LogP contribution in [-0.4, -0.2) is 182 Å². The van der Waals surface area contributed by atoms with Gasteiger partial charge in [-0.3, -0.25) is 47.9 Å². The van der Waals surface area contributed by atoms with Crippen molar-refractivity contribution in [1.29, 1.82) is 0 Å². The lowest BCUT2D eigenvalue weighted by Gasteiger charge is -2.16. The normalized spacial score (nSPS) is 17.6. The molecule has 5 fully saturated rings. The minimum Gasteiger partial charge on any atom is -0.465 e. The summed E-state index contributed by atoms with van der Waals surface area (Å²) in [6.45, 7) is 30.2. The average molecular weight is 1670 g/mol. The molecule has 5 atom stereocenters. The van der Waals surface area contributed by atoms with Gasteiger partial charge < -0.3 is 48.2 Å². The highest BCUT2D eigenvalue weighted by molar-refractivity contribution is 5.89. The molecule has 5 aliphatic heterocycles. The van der Waals surface area contributed by atoms with Crippen molar-refractivity contribution in [2.45, 2.75) is 442 Å². The molecule has 0 aliphatic carbocycles. The van der Waals surface area contributed by atoms with Crippen LogP contribution in [0.3, 0.4) is 0 Å². The summed E-state index contributed by atoms with van der Waals surface area (Å²) < 4.78 is 25.8. The Hall–Kier alpha value is -5.30. The summed E-state index contributed by atoms with van der Waals surface area (Å²) in [6, 6.07) is 0. The molecule has 0 bridgehead atoms. The van der Waals surface area contributed by atoms with Gasteiger partial charge in [-0.25, -0.2) is 0 Å². The van der Waals surface area contributed by atoms with Crippen LogP contribution in [0.2, 0.25) is 0 Å². The molecule has 20 heteroatoms. The molecule has 5 saturated heterocycles. The maximum atomic E-state index is 12.0. The largest absolute Gasteiger partial charge is 0.465 e. The number of ether oxygens (including phenoxy) is 5. The van der Waals surface area contributed by atoms with Gasteiger partial charge in [0.25, 0.3) is 0 Å². The SMILES string of the molecule is CCCCCCCCCCCCCCCCN1CC(C(=O)OCCC)CC1=O.CCCCCCCCCCCCN1CC(C(=O)OCCC)CC1=O.CCCCCCCCCCCN1CC(C(=O)OCCC)CC1=O.CCCCCCCCCCN1CC(C(=O)OCCC)CC1=O.CCCCCCCCCN1CC(C(=O)OCCC)CC1=O. The van der Waals surface area contributed by atoms with E-state index >= 15 is 0 Å². The molecule has 0 saturated carbocycles. The monoisotopic (exact) mass is 1670 g/mol. The van der Waals surface area contributed by atoms with Gasteiger partial charge >= 0.3 is 29.8 Å². The number of likely N-dealkylation sites (tertiary alicyclic amines) is 5. The fourth-order valence-corrected chi connectivity index (χ4v) is 15.9. The summed E-state index contributed by atoms with van der Waals surface area (Å²) in [4.78, 5) is 128. The van der Waals surface area contributed by atoms with E-state index in [-0.39, 0.29) is 89.0 Å². The van der Waals surface area contributed by atoms with E-state index in [4.69, 9.17) is 23.7 Å². The molecule has 0 radical (unpaired) electrons. The van der Waals surface area contributed by atoms with Gasteiger partial charge in [0.05, 0.1) is 62.6 Å². The first kappa shape index (κ1) is 111. The van der Waals surface area contributed by atoms with Crippen molar-refractivity contribution in [3.63, 3.8) is 0 Å². The van der Waals surface area contributed by atoms with E-state index in [0.29, 0.717) is 97.9 Å². The number of rotatable bonds is 68. The van der Waals surface area contributed by atoms with Crippen LogP contribution < -0.4 is 0 Å². The number of hydrogen-bond donors (Lipinski definition) is 0. The first-order valence-corrected chi connectivity index (χ1v) is 49.7. The number of esters is 5. The van der Waals surface area contributed by atoms with E-state index in [1.807, 2.05) is 59.1 Å². The number of hydrogen-bond acceptors (Lipinski definition) is 15. The Bertz CT molecular complexity index is 2540. The highest BCUT2D eigenvalue weighted by atomic mass is 16.5. The summed E-state index contributed by atoms with van der Waals surface area (Å²) >= 11 is 0. The van der Waals surface area contributed by atoms with Gasteiger partial charge in [0, 0.05) is 97.6 Å². The van der Waals surface area contributed by atoms with E-state index in [2.05, 4.69) is 34.6 Å². The van der Waals surface area contributed by atoms with Gasteiger partial charge in [-0.1, -0.05) is 345 Å². The van der Waals surface area contributed by atoms with Crippen molar-refractivity contribution >= 4 is 59.4 Å². The zero-order chi connectivity index (χ0) is 86.7. The Morgan fingerprint density at radius 3 is 0.432 bits per heavy atom. The predicted octanol–water partition coefficient (Wildman–Crippen LogP) is 22.8. The van der Waals surface area contributed by atoms with Crippen LogP contribution in [0.25, 0.3) is 0 Å². The maximum absolute atomic E-state index is 12.0. The number of nitrogens with zero attached hydrogens (tertiary/aromatic N) is 5. The summed E-state index contributed by atoms with van der Waals surface area (Å²) in [6.07, 6.45) is 67.9. The van der Waals surface area contributed by atoms with Gasteiger partial charge in [0.15, 0.2) is 0 Å². The maximum Gasteiger partial charge on any atom is 0.311 e. The molecule has 5 unspecified atom stereocenters. The lowest BCUT2D eigenvalue weighted by atomic mass is 10.0. The van der Waals surface area contributed by atoms with Crippen LogP contribution in [0.1, 0.15) is 442 Å². The third-order valence-electron chi connectivity index (χ3n) is 23.4. The minimum atomic E-state index is -0.245. The predicted molar refractivity (Wildman–Crippen MR) is 480 cm³/mol. The smallest absolute Gasteiger partial charge is 0.311 e. The Labute approximate surface area is 721 Å². The summed E-state index contributed by atoms with van der Waals surface area (Å²) in [7, 11) is 0. The molecule has 0 aromatic carbocycles. The molecule has 118 heavy (non-hydrogen) atoms. The van der Waals surface area contributed by atoms with Gasteiger partial charge in [-0.2, -0.15) is 0 Å². The number of amides is 5. The molecule has 0 N–H and O–H groups in total. The third-order valence-corrected chi connectivity index (χ3v) is 23.4. The average Bonchev–Trinajstić information content (AvgIpc) is 1.75. The molecule has 5 heterocycles. The molecule has 0 aromatic heterocycles. The topological polar surface area (TPSA) is 233 Å². The summed E-state index contributed by atoms with van der Waals surface area (Å²) in [5.41, 5.74) is 0. The van der Waals surface area contributed by atoms with Crippen molar-refractivity contribution in [3.8, 4) is 0 Å². The quantitative estimate of drug-likeness (QED) is 0.0313. The van der Waals surface area contributed by atoms with Crippen LogP contribution in [0.15, 0.2) is 0 Å². The zero-order valence-electron chi connectivity index (χ0n) is 77.9. The molecular weight excluding hydrogens is 1490 g/mol. The fourth-order valence-electron chi connectivity index (χ4n) is 15.9. The number of unbranched alkanes of at least 4 members (excludes halogenated alkanes) is 43. The first-order chi connectivity index (χ1) is 57.4. The summed E-state index contributed by atoms with van der Waals surface area (Å²) in [5, 5.41) is 0. The molecule has 688 valence electrons. The van der Waals surface area contributed by atoms with Gasteiger partial charge in [-0.05, 0) is 64.2 Å². The van der Waals surface area contributed by atoms with Crippen molar-refractivity contribution in [2.75, 3.05) is 98.5 Å². The van der Waals surface area contributed by atoms with E-state index < -0.39 is 0 Å². The third kappa shape index (κ3) is 57.1. The molecule has 20 nitrogen and oxygen atoms in total. The number of carbonyl (C=O) groups is 10. The van der Waals surface area contributed by atoms with E-state index in [0.717, 1.165) is 96.9 Å². The van der Waals surface area contributed by atoms with Crippen molar-refractivity contribution in [3.05, 3.63) is 0 Å². The van der Waals surface area contributed by atoms with E-state index in [9.17, 15) is 47.9 Å². The van der Waals surface area contributed by atoms with Crippen LogP contribution in [-0.2, 0) is 71.6 Å². The van der Waals surface area contributed by atoms with Crippen LogP contribution in [0.4, 0.5) is 0 Å². The fraction of sp³-hybridized carbons (Fsp3) is 0.898. The summed E-state index contributed by atoms with van der Waals surface area (Å²) in [5.74, 6) is -1.64.